The van der Waals surface area contributed by atoms with Crippen molar-refractivity contribution >= 4 is 0 Å². The highest BCUT2D eigenvalue weighted by atomic mass is 16.3. The first kappa shape index (κ1) is 12.6. The summed E-state index contributed by atoms with van der Waals surface area (Å²) in [5, 5.41) is 10.1. The SMILES string of the molecule is CC(C)(C)C(O)CCC1CCc2cccnc21. The monoisotopic (exact) mass is 233 g/mol. The Morgan fingerprint density at radius 3 is 2.94 bits per heavy atom. The highest BCUT2D eigenvalue weighted by Crippen LogP contribution is 2.36. The molecule has 0 bridgehead atoms. The van der Waals surface area contributed by atoms with Gasteiger partial charge < -0.3 is 5.11 Å². The molecular weight excluding hydrogens is 210 g/mol. The van der Waals surface area contributed by atoms with E-state index >= 15 is 0 Å². The lowest BCUT2D eigenvalue weighted by molar-refractivity contribution is 0.0522. The Bertz CT molecular complexity index is 381. The maximum absolute atomic E-state index is 10.1. The fraction of sp³-hybridized carbons (Fsp3) is 0.667. The smallest absolute Gasteiger partial charge is 0.0588 e. The average Bonchev–Trinajstić information content (AvgIpc) is 2.68. The summed E-state index contributed by atoms with van der Waals surface area (Å²) < 4.78 is 0. The Labute approximate surface area is 104 Å². The molecule has 1 aliphatic carbocycles. The van der Waals surface area contributed by atoms with Gasteiger partial charge in [-0.2, -0.15) is 0 Å². The topological polar surface area (TPSA) is 33.1 Å². The van der Waals surface area contributed by atoms with Gasteiger partial charge in [0.15, 0.2) is 0 Å². The average molecular weight is 233 g/mol. The molecule has 2 atom stereocenters. The van der Waals surface area contributed by atoms with Crippen LogP contribution in [0.1, 0.15) is 57.2 Å². The molecule has 0 aromatic carbocycles. The molecule has 94 valence electrons. The number of aryl methyl sites for hydroxylation is 1. The van der Waals surface area contributed by atoms with Crippen molar-refractivity contribution in [1.29, 1.82) is 0 Å². The van der Waals surface area contributed by atoms with Gasteiger partial charge in [0.25, 0.3) is 0 Å². The predicted octanol–water partition coefficient (Wildman–Crippen LogP) is 3.30. The summed E-state index contributed by atoms with van der Waals surface area (Å²) in [5.74, 6) is 0.559. The lowest BCUT2D eigenvalue weighted by Gasteiger charge is -2.26. The molecule has 0 radical (unpaired) electrons. The number of pyridine rings is 1. The molecule has 2 heteroatoms. The number of hydrogen-bond acceptors (Lipinski definition) is 2. The van der Waals surface area contributed by atoms with Gasteiger partial charge in [-0.15, -0.1) is 0 Å². The molecule has 1 heterocycles. The summed E-state index contributed by atoms with van der Waals surface area (Å²) in [6.07, 6.45) is 5.96. The van der Waals surface area contributed by atoms with Gasteiger partial charge in [-0.1, -0.05) is 26.8 Å². The summed E-state index contributed by atoms with van der Waals surface area (Å²) in [6, 6.07) is 4.20. The Kier molecular flexibility index (Phi) is 3.53. The Morgan fingerprint density at radius 1 is 1.47 bits per heavy atom. The van der Waals surface area contributed by atoms with Crippen molar-refractivity contribution in [2.75, 3.05) is 0 Å². The van der Waals surface area contributed by atoms with Crippen molar-refractivity contribution in [1.82, 2.24) is 4.98 Å². The molecule has 1 aromatic heterocycles. The van der Waals surface area contributed by atoms with Gasteiger partial charge in [0.05, 0.1) is 6.10 Å². The Balaban J connectivity index is 1.94. The van der Waals surface area contributed by atoms with Crippen molar-refractivity contribution in [3.8, 4) is 0 Å². The number of fused-ring (bicyclic) bond motifs is 1. The van der Waals surface area contributed by atoms with Crippen LogP contribution in [-0.4, -0.2) is 16.2 Å². The minimum atomic E-state index is -0.213. The first-order valence-corrected chi connectivity index (χ1v) is 6.60. The van der Waals surface area contributed by atoms with Gasteiger partial charge in [-0.25, -0.2) is 0 Å². The van der Waals surface area contributed by atoms with E-state index in [4.69, 9.17) is 0 Å². The van der Waals surface area contributed by atoms with Crippen LogP contribution in [0.3, 0.4) is 0 Å². The maximum atomic E-state index is 10.1. The largest absolute Gasteiger partial charge is 0.393 e. The normalized spacial score (nSPS) is 21.3. The summed E-state index contributed by atoms with van der Waals surface area (Å²) in [5.41, 5.74) is 2.67. The van der Waals surface area contributed by atoms with Crippen molar-refractivity contribution < 1.29 is 5.11 Å². The van der Waals surface area contributed by atoms with Crippen LogP contribution in [-0.2, 0) is 6.42 Å². The number of rotatable bonds is 3. The number of nitrogens with zero attached hydrogens (tertiary/aromatic N) is 1. The second-order valence-corrected chi connectivity index (χ2v) is 6.24. The van der Waals surface area contributed by atoms with Gasteiger partial charge in [-0.3, -0.25) is 4.98 Å². The summed E-state index contributed by atoms with van der Waals surface area (Å²) in [6.45, 7) is 6.29. The van der Waals surface area contributed by atoms with E-state index in [9.17, 15) is 5.11 Å². The van der Waals surface area contributed by atoms with Crippen LogP contribution >= 0.6 is 0 Å². The van der Waals surface area contributed by atoms with Crippen LogP contribution < -0.4 is 0 Å². The number of aliphatic hydroxyl groups excluding tert-OH is 1. The van der Waals surface area contributed by atoms with Crippen molar-refractivity contribution in [2.45, 2.75) is 58.5 Å². The van der Waals surface area contributed by atoms with E-state index in [0.717, 1.165) is 19.3 Å². The minimum absolute atomic E-state index is 0.00838. The van der Waals surface area contributed by atoms with Crippen LogP contribution in [0.5, 0.6) is 0 Å². The number of hydrogen-bond donors (Lipinski definition) is 1. The van der Waals surface area contributed by atoms with Gasteiger partial charge >= 0.3 is 0 Å². The first-order chi connectivity index (χ1) is 7.98. The van der Waals surface area contributed by atoms with Gasteiger partial charge in [0.2, 0.25) is 0 Å². The van der Waals surface area contributed by atoms with Crippen LogP contribution in [0.25, 0.3) is 0 Å². The quantitative estimate of drug-likeness (QED) is 0.869. The molecule has 0 spiro atoms. The molecule has 2 rings (SSSR count). The van der Waals surface area contributed by atoms with Gasteiger partial charge in [0, 0.05) is 17.8 Å². The molecule has 1 aliphatic rings. The standard InChI is InChI=1S/C15H23NO/c1-15(2,3)13(17)9-8-12-7-6-11-5-4-10-16-14(11)12/h4-5,10,12-13,17H,6-9H2,1-3H3. The Hall–Kier alpha value is -0.890. The van der Waals surface area contributed by atoms with Crippen LogP contribution in [0.4, 0.5) is 0 Å². The van der Waals surface area contributed by atoms with E-state index in [2.05, 4.69) is 31.8 Å². The molecule has 0 fully saturated rings. The van der Waals surface area contributed by atoms with E-state index in [1.165, 1.54) is 17.7 Å². The molecule has 2 unspecified atom stereocenters. The summed E-state index contributed by atoms with van der Waals surface area (Å²) in [4.78, 5) is 4.50. The fourth-order valence-electron chi connectivity index (χ4n) is 2.57. The fourth-order valence-corrected chi connectivity index (χ4v) is 2.57. The number of aromatic nitrogens is 1. The van der Waals surface area contributed by atoms with E-state index < -0.39 is 0 Å². The second kappa shape index (κ2) is 4.77. The van der Waals surface area contributed by atoms with Crippen LogP contribution in [0.2, 0.25) is 0 Å². The second-order valence-electron chi connectivity index (χ2n) is 6.24. The van der Waals surface area contributed by atoms with Gasteiger partial charge in [-0.05, 0) is 42.7 Å². The highest BCUT2D eigenvalue weighted by Gasteiger charge is 2.27. The van der Waals surface area contributed by atoms with E-state index in [-0.39, 0.29) is 11.5 Å². The molecule has 0 saturated carbocycles. The van der Waals surface area contributed by atoms with Crippen LogP contribution in [0, 0.1) is 5.41 Å². The van der Waals surface area contributed by atoms with Crippen molar-refractivity contribution in [3.05, 3.63) is 29.6 Å². The third-order valence-corrected chi connectivity index (χ3v) is 3.86. The lowest BCUT2D eigenvalue weighted by atomic mass is 9.84. The third kappa shape index (κ3) is 2.86. The molecule has 0 saturated heterocycles. The first-order valence-electron chi connectivity index (χ1n) is 6.60. The summed E-state index contributed by atoms with van der Waals surface area (Å²) >= 11 is 0. The molecule has 0 amide bonds. The summed E-state index contributed by atoms with van der Waals surface area (Å²) in [7, 11) is 0. The molecule has 2 nitrogen and oxygen atoms in total. The van der Waals surface area contributed by atoms with Crippen molar-refractivity contribution in [3.63, 3.8) is 0 Å². The predicted molar refractivity (Wildman–Crippen MR) is 70.0 cm³/mol. The van der Waals surface area contributed by atoms with Gasteiger partial charge in [0.1, 0.15) is 0 Å². The zero-order valence-electron chi connectivity index (χ0n) is 11.1. The van der Waals surface area contributed by atoms with Crippen LogP contribution in [0.15, 0.2) is 18.3 Å². The zero-order valence-corrected chi connectivity index (χ0v) is 11.1. The molecule has 0 aliphatic heterocycles. The third-order valence-electron chi connectivity index (χ3n) is 3.86. The maximum Gasteiger partial charge on any atom is 0.0588 e. The lowest BCUT2D eigenvalue weighted by Crippen LogP contribution is -2.26. The molecular formula is C15H23NO. The van der Waals surface area contributed by atoms with E-state index in [1.54, 1.807) is 0 Å². The Morgan fingerprint density at radius 2 is 2.24 bits per heavy atom. The zero-order chi connectivity index (χ0) is 12.5. The van der Waals surface area contributed by atoms with E-state index in [1.807, 2.05) is 12.3 Å². The molecule has 1 aromatic rings. The van der Waals surface area contributed by atoms with E-state index in [0.29, 0.717) is 5.92 Å². The molecule has 1 N–H and O–H groups in total. The number of aliphatic hydroxyl groups is 1. The minimum Gasteiger partial charge on any atom is -0.393 e. The van der Waals surface area contributed by atoms with Crippen molar-refractivity contribution in [2.24, 2.45) is 5.41 Å². The highest BCUT2D eigenvalue weighted by molar-refractivity contribution is 5.28. The molecule has 17 heavy (non-hydrogen) atoms.